The van der Waals surface area contributed by atoms with Crippen molar-refractivity contribution in [3.05, 3.63) is 22.4 Å². The van der Waals surface area contributed by atoms with Crippen molar-refractivity contribution >= 4 is 23.2 Å². The molecule has 0 bridgehead atoms. The summed E-state index contributed by atoms with van der Waals surface area (Å²) in [4.78, 5) is 27.1. The van der Waals surface area contributed by atoms with Crippen LogP contribution in [0.3, 0.4) is 0 Å². The molecule has 110 valence electrons. The van der Waals surface area contributed by atoms with Gasteiger partial charge in [0.1, 0.15) is 0 Å². The van der Waals surface area contributed by atoms with Gasteiger partial charge in [0.2, 0.25) is 11.8 Å². The van der Waals surface area contributed by atoms with Gasteiger partial charge in [0.25, 0.3) is 0 Å². The maximum atomic E-state index is 12.3. The van der Waals surface area contributed by atoms with E-state index in [0.717, 1.165) is 25.8 Å². The van der Waals surface area contributed by atoms with Crippen molar-refractivity contribution in [1.82, 2.24) is 10.2 Å². The molecule has 5 heteroatoms. The highest BCUT2D eigenvalue weighted by Gasteiger charge is 2.40. The highest BCUT2D eigenvalue weighted by Crippen LogP contribution is 2.20. The SMILES string of the molecule is CCC(CC)N1C(=O)CC(NCCc2cccs2)C1=O. The lowest BCUT2D eigenvalue weighted by atomic mass is 10.1. The molecule has 0 saturated carbocycles. The van der Waals surface area contributed by atoms with Gasteiger partial charge in [-0.1, -0.05) is 19.9 Å². The van der Waals surface area contributed by atoms with Crippen LogP contribution in [0.25, 0.3) is 0 Å². The van der Waals surface area contributed by atoms with Crippen LogP contribution in [0.15, 0.2) is 17.5 Å². The quantitative estimate of drug-likeness (QED) is 0.784. The molecule has 0 spiro atoms. The van der Waals surface area contributed by atoms with Crippen molar-refractivity contribution in [2.24, 2.45) is 0 Å². The van der Waals surface area contributed by atoms with Gasteiger partial charge in [-0.2, -0.15) is 0 Å². The van der Waals surface area contributed by atoms with Crippen molar-refractivity contribution in [3.8, 4) is 0 Å². The van der Waals surface area contributed by atoms with Gasteiger partial charge in [-0.05, 0) is 30.7 Å². The molecule has 1 aliphatic heterocycles. The molecule has 2 heterocycles. The van der Waals surface area contributed by atoms with Gasteiger partial charge >= 0.3 is 0 Å². The summed E-state index contributed by atoms with van der Waals surface area (Å²) in [5, 5.41) is 5.28. The van der Waals surface area contributed by atoms with E-state index in [4.69, 9.17) is 0 Å². The Morgan fingerprint density at radius 1 is 1.40 bits per heavy atom. The van der Waals surface area contributed by atoms with E-state index in [0.29, 0.717) is 6.42 Å². The molecular formula is C15H22N2O2S. The number of rotatable bonds is 7. The first-order valence-electron chi connectivity index (χ1n) is 7.29. The lowest BCUT2D eigenvalue weighted by molar-refractivity contribution is -0.141. The summed E-state index contributed by atoms with van der Waals surface area (Å²) in [6, 6.07) is 3.84. The topological polar surface area (TPSA) is 49.4 Å². The van der Waals surface area contributed by atoms with E-state index in [1.54, 1.807) is 11.3 Å². The molecule has 1 N–H and O–H groups in total. The maximum Gasteiger partial charge on any atom is 0.247 e. The first-order chi connectivity index (χ1) is 9.67. The van der Waals surface area contributed by atoms with E-state index in [9.17, 15) is 9.59 Å². The number of thiophene rings is 1. The van der Waals surface area contributed by atoms with E-state index in [-0.39, 0.29) is 23.9 Å². The Morgan fingerprint density at radius 3 is 2.75 bits per heavy atom. The van der Waals surface area contributed by atoms with E-state index in [2.05, 4.69) is 16.8 Å². The Bertz CT molecular complexity index is 454. The van der Waals surface area contributed by atoms with Crippen LogP contribution < -0.4 is 5.32 Å². The molecule has 2 amide bonds. The van der Waals surface area contributed by atoms with Gasteiger partial charge < -0.3 is 5.32 Å². The van der Waals surface area contributed by atoms with Gasteiger partial charge in [0, 0.05) is 17.5 Å². The van der Waals surface area contributed by atoms with Gasteiger partial charge in [-0.15, -0.1) is 11.3 Å². The highest BCUT2D eigenvalue weighted by atomic mass is 32.1. The predicted octanol–water partition coefficient (Wildman–Crippen LogP) is 2.20. The lowest BCUT2D eigenvalue weighted by Crippen LogP contribution is -2.44. The van der Waals surface area contributed by atoms with E-state index >= 15 is 0 Å². The van der Waals surface area contributed by atoms with E-state index in [1.165, 1.54) is 9.78 Å². The highest BCUT2D eigenvalue weighted by molar-refractivity contribution is 7.09. The van der Waals surface area contributed by atoms with Crippen molar-refractivity contribution < 1.29 is 9.59 Å². The minimum absolute atomic E-state index is 0.0303. The number of imide groups is 1. The summed E-state index contributed by atoms with van der Waals surface area (Å²) in [7, 11) is 0. The fraction of sp³-hybridized carbons (Fsp3) is 0.600. The second-order valence-corrected chi connectivity index (χ2v) is 6.14. The molecule has 1 saturated heterocycles. The minimum atomic E-state index is -0.330. The number of hydrogen-bond acceptors (Lipinski definition) is 4. The van der Waals surface area contributed by atoms with Gasteiger partial charge in [-0.3, -0.25) is 14.5 Å². The summed E-state index contributed by atoms with van der Waals surface area (Å²) >= 11 is 1.72. The number of carbonyl (C=O) groups excluding carboxylic acids is 2. The number of nitrogens with one attached hydrogen (secondary N) is 1. The van der Waals surface area contributed by atoms with Crippen molar-refractivity contribution in [2.45, 2.75) is 51.6 Å². The van der Waals surface area contributed by atoms with Crippen molar-refractivity contribution in [1.29, 1.82) is 0 Å². The monoisotopic (exact) mass is 294 g/mol. The van der Waals surface area contributed by atoms with Crippen LogP contribution in [0.2, 0.25) is 0 Å². The first-order valence-corrected chi connectivity index (χ1v) is 8.17. The zero-order valence-corrected chi connectivity index (χ0v) is 12.9. The van der Waals surface area contributed by atoms with Crippen LogP contribution in [0, 0.1) is 0 Å². The third-order valence-electron chi connectivity index (χ3n) is 3.83. The smallest absolute Gasteiger partial charge is 0.247 e. The number of carbonyl (C=O) groups is 2. The molecule has 1 aromatic heterocycles. The standard InChI is InChI=1S/C15H22N2O2S/c1-3-11(4-2)17-14(18)10-13(15(17)19)16-8-7-12-6-5-9-20-12/h5-6,9,11,13,16H,3-4,7-8,10H2,1-2H3. The molecule has 1 fully saturated rings. The third-order valence-corrected chi connectivity index (χ3v) is 4.77. The Balaban J connectivity index is 1.87. The molecule has 0 radical (unpaired) electrons. The summed E-state index contributed by atoms with van der Waals surface area (Å²) < 4.78 is 0. The third kappa shape index (κ3) is 3.27. The van der Waals surface area contributed by atoms with Crippen molar-refractivity contribution in [3.63, 3.8) is 0 Å². The number of likely N-dealkylation sites (tertiary alicyclic amines) is 1. The molecule has 4 nitrogen and oxygen atoms in total. The average molecular weight is 294 g/mol. The molecular weight excluding hydrogens is 272 g/mol. The molecule has 0 aliphatic carbocycles. The van der Waals surface area contributed by atoms with Crippen molar-refractivity contribution in [2.75, 3.05) is 6.54 Å². The van der Waals surface area contributed by atoms with Crippen LogP contribution in [0.4, 0.5) is 0 Å². The summed E-state index contributed by atoms with van der Waals surface area (Å²) in [6.07, 6.45) is 2.87. The molecule has 1 aliphatic rings. The van der Waals surface area contributed by atoms with Gasteiger partial charge in [0.15, 0.2) is 0 Å². The second-order valence-electron chi connectivity index (χ2n) is 5.11. The fourth-order valence-electron chi connectivity index (χ4n) is 2.67. The summed E-state index contributed by atoms with van der Waals surface area (Å²) in [6.45, 7) is 4.78. The Hall–Kier alpha value is -1.20. The summed E-state index contributed by atoms with van der Waals surface area (Å²) in [5.41, 5.74) is 0. The van der Waals surface area contributed by atoms with Gasteiger partial charge in [0.05, 0.1) is 12.5 Å². The lowest BCUT2D eigenvalue weighted by Gasteiger charge is -2.24. The number of amides is 2. The van der Waals surface area contributed by atoms with Crippen LogP contribution in [-0.4, -0.2) is 35.3 Å². The predicted molar refractivity (Wildman–Crippen MR) is 80.7 cm³/mol. The van der Waals surface area contributed by atoms with Crippen LogP contribution in [0.5, 0.6) is 0 Å². The maximum absolute atomic E-state index is 12.3. The Labute approximate surface area is 124 Å². The first kappa shape index (κ1) is 15.2. The summed E-state index contributed by atoms with van der Waals surface area (Å²) in [5.74, 6) is -0.0767. The van der Waals surface area contributed by atoms with Crippen LogP contribution in [0.1, 0.15) is 38.0 Å². The molecule has 2 rings (SSSR count). The van der Waals surface area contributed by atoms with Crippen LogP contribution >= 0.6 is 11.3 Å². The Morgan fingerprint density at radius 2 is 2.15 bits per heavy atom. The second kappa shape index (κ2) is 6.99. The average Bonchev–Trinajstić information content (AvgIpc) is 3.04. The molecule has 0 aromatic carbocycles. The van der Waals surface area contributed by atoms with E-state index < -0.39 is 0 Å². The zero-order valence-electron chi connectivity index (χ0n) is 12.1. The Kier molecular flexibility index (Phi) is 5.31. The molecule has 20 heavy (non-hydrogen) atoms. The largest absolute Gasteiger partial charge is 0.305 e. The van der Waals surface area contributed by atoms with Crippen LogP contribution in [-0.2, 0) is 16.0 Å². The zero-order chi connectivity index (χ0) is 14.5. The molecule has 1 unspecified atom stereocenters. The number of hydrogen-bond donors (Lipinski definition) is 1. The minimum Gasteiger partial charge on any atom is -0.305 e. The van der Waals surface area contributed by atoms with Gasteiger partial charge in [-0.25, -0.2) is 0 Å². The van der Waals surface area contributed by atoms with E-state index in [1.807, 2.05) is 19.9 Å². The molecule has 1 aromatic rings. The normalized spacial score (nSPS) is 19.4. The molecule has 1 atom stereocenters. The fourth-order valence-corrected chi connectivity index (χ4v) is 3.38. The number of nitrogens with zero attached hydrogens (tertiary/aromatic N) is 1.